The molecule has 1 amide bonds. The Hall–Kier alpha value is -2.40. The molecular formula is C34H46N2O3. The lowest BCUT2D eigenvalue weighted by molar-refractivity contribution is -0.190. The van der Waals surface area contributed by atoms with Crippen LogP contribution in [0, 0.1) is 28.6 Å². The first-order valence-corrected chi connectivity index (χ1v) is 15.1. The van der Waals surface area contributed by atoms with E-state index in [1.807, 2.05) is 45.1 Å². The number of hydrogen-bond donors (Lipinski definition) is 1. The molecule has 1 aromatic carbocycles. The number of aliphatic hydroxyl groups is 1. The number of pyridine rings is 1. The van der Waals surface area contributed by atoms with E-state index < -0.39 is 11.2 Å². The third-order valence-electron chi connectivity index (χ3n) is 11.6. The van der Waals surface area contributed by atoms with Crippen LogP contribution in [0.25, 0.3) is 16.3 Å². The van der Waals surface area contributed by atoms with Crippen molar-refractivity contribution in [2.75, 3.05) is 7.05 Å². The smallest absolute Gasteiger partial charge is 0.410 e. The number of ether oxygens (including phenoxy) is 1. The zero-order valence-corrected chi connectivity index (χ0v) is 24.7. The van der Waals surface area contributed by atoms with E-state index in [-0.39, 0.29) is 23.0 Å². The van der Waals surface area contributed by atoms with Crippen molar-refractivity contribution in [3.63, 3.8) is 0 Å². The second-order valence-electron chi connectivity index (χ2n) is 14.6. The van der Waals surface area contributed by atoms with Crippen LogP contribution >= 0.6 is 0 Å². The molecule has 7 atom stereocenters. The average molecular weight is 531 g/mol. The molecule has 0 saturated heterocycles. The second kappa shape index (κ2) is 9.06. The molecule has 1 heterocycles. The Labute approximate surface area is 234 Å². The molecule has 1 aromatic heterocycles. The first-order valence-electron chi connectivity index (χ1n) is 15.1. The zero-order chi connectivity index (χ0) is 27.8. The molecule has 1 N–H and O–H groups in total. The molecule has 2 unspecified atom stereocenters. The molecule has 0 radical (unpaired) electrons. The fourth-order valence-corrected chi connectivity index (χ4v) is 9.30. The number of aromatic nitrogens is 1. The van der Waals surface area contributed by atoms with Crippen molar-refractivity contribution >= 4 is 22.4 Å². The van der Waals surface area contributed by atoms with Crippen LogP contribution in [0.5, 0.6) is 0 Å². The van der Waals surface area contributed by atoms with Crippen LogP contribution in [-0.4, -0.2) is 45.4 Å². The minimum atomic E-state index is -0.701. The SMILES string of the molecule is CN(C(=O)OC(C)(C)C)[C@H]1CC[C@@]2(C)C(CC[C@@H]3C2CC[C@]2(C)C(c4ccc5ccncc5c4)=CC[C@@]32O)C1. The lowest BCUT2D eigenvalue weighted by Gasteiger charge is -2.63. The molecule has 2 aromatic rings. The summed E-state index contributed by atoms with van der Waals surface area (Å²) in [5.74, 6) is 1.42. The van der Waals surface area contributed by atoms with E-state index in [1.54, 1.807) is 0 Å². The number of benzene rings is 1. The van der Waals surface area contributed by atoms with E-state index in [0.717, 1.165) is 56.8 Å². The third kappa shape index (κ3) is 4.13. The van der Waals surface area contributed by atoms with Crippen molar-refractivity contribution in [3.05, 3.63) is 48.3 Å². The van der Waals surface area contributed by atoms with Crippen LogP contribution in [0.15, 0.2) is 42.7 Å². The molecular weight excluding hydrogens is 484 g/mol. The van der Waals surface area contributed by atoms with Gasteiger partial charge < -0.3 is 14.7 Å². The summed E-state index contributed by atoms with van der Waals surface area (Å²) in [6.07, 6.45) is 14.2. The highest BCUT2D eigenvalue weighted by atomic mass is 16.6. The van der Waals surface area contributed by atoms with E-state index >= 15 is 0 Å². The summed E-state index contributed by atoms with van der Waals surface area (Å²) < 4.78 is 5.69. The molecule has 6 rings (SSSR count). The van der Waals surface area contributed by atoms with Gasteiger partial charge in [-0.05, 0) is 124 Å². The Balaban J connectivity index is 1.22. The zero-order valence-electron chi connectivity index (χ0n) is 24.7. The molecule has 3 fully saturated rings. The number of fused-ring (bicyclic) bond motifs is 6. The summed E-state index contributed by atoms with van der Waals surface area (Å²) in [5.41, 5.74) is 1.36. The first kappa shape index (κ1) is 26.8. The number of nitrogens with zero attached hydrogens (tertiary/aromatic N) is 2. The van der Waals surface area contributed by atoms with Gasteiger partial charge in [-0.25, -0.2) is 4.79 Å². The number of carbonyl (C=O) groups excluding carboxylic acids is 1. The molecule has 0 aliphatic heterocycles. The molecule has 0 spiro atoms. The lowest BCUT2D eigenvalue weighted by atomic mass is 9.43. The Morgan fingerprint density at radius 3 is 2.62 bits per heavy atom. The van der Waals surface area contributed by atoms with E-state index in [9.17, 15) is 9.90 Å². The van der Waals surface area contributed by atoms with Gasteiger partial charge in [-0.1, -0.05) is 32.1 Å². The van der Waals surface area contributed by atoms with Crippen LogP contribution < -0.4 is 0 Å². The van der Waals surface area contributed by atoms with Gasteiger partial charge in [0.1, 0.15) is 5.60 Å². The van der Waals surface area contributed by atoms with Crippen LogP contribution in [0.3, 0.4) is 0 Å². The lowest BCUT2D eigenvalue weighted by Crippen LogP contribution is -2.62. The highest BCUT2D eigenvalue weighted by Gasteiger charge is 2.65. The fraction of sp³-hybridized carbons (Fsp3) is 0.647. The maximum Gasteiger partial charge on any atom is 0.410 e. The Morgan fingerprint density at radius 1 is 1.05 bits per heavy atom. The van der Waals surface area contributed by atoms with Gasteiger partial charge in [0.05, 0.1) is 5.60 Å². The number of hydrogen-bond acceptors (Lipinski definition) is 4. The van der Waals surface area contributed by atoms with Crippen molar-refractivity contribution in [2.24, 2.45) is 28.6 Å². The van der Waals surface area contributed by atoms with Gasteiger partial charge >= 0.3 is 6.09 Å². The summed E-state index contributed by atoms with van der Waals surface area (Å²) in [7, 11) is 1.91. The second-order valence-corrected chi connectivity index (χ2v) is 14.6. The third-order valence-corrected chi connectivity index (χ3v) is 11.6. The summed E-state index contributed by atoms with van der Waals surface area (Å²) in [6.45, 7) is 10.6. The van der Waals surface area contributed by atoms with Gasteiger partial charge in [0.25, 0.3) is 0 Å². The van der Waals surface area contributed by atoms with Crippen LogP contribution in [0.4, 0.5) is 4.79 Å². The monoisotopic (exact) mass is 530 g/mol. The minimum Gasteiger partial charge on any atom is -0.444 e. The van der Waals surface area contributed by atoms with Crippen molar-refractivity contribution in [1.82, 2.24) is 9.88 Å². The van der Waals surface area contributed by atoms with Gasteiger partial charge in [-0.3, -0.25) is 4.98 Å². The van der Waals surface area contributed by atoms with E-state index in [0.29, 0.717) is 17.8 Å². The Kier molecular flexibility index (Phi) is 6.22. The molecule has 4 aliphatic rings. The first-order chi connectivity index (χ1) is 18.4. The maximum absolute atomic E-state index is 12.8. The Bertz CT molecular complexity index is 1310. The van der Waals surface area contributed by atoms with Crippen LogP contribution in [0.1, 0.15) is 91.5 Å². The molecule has 4 aliphatic carbocycles. The van der Waals surface area contributed by atoms with Crippen molar-refractivity contribution in [3.8, 4) is 0 Å². The van der Waals surface area contributed by atoms with E-state index in [1.165, 1.54) is 16.5 Å². The number of rotatable bonds is 2. The van der Waals surface area contributed by atoms with Gasteiger partial charge in [0, 0.05) is 36.3 Å². The minimum absolute atomic E-state index is 0.207. The highest BCUT2D eigenvalue weighted by Crippen LogP contribution is 2.69. The molecule has 210 valence electrons. The van der Waals surface area contributed by atoms with Gasteiger partial charge in [-0.2, -0.15) is 0 Å². The van der Waals surface area contributed by atoms with Crippen LogP contribution in [0.2, 0.25) is 0 Å². The summed E-state index contributed by atoms with van der Waals surface area (Å²) in [6, 6.07) is 8.98. The summed E-state index contributed by atoms with van der Waals surface area (Å²) in [5, 5.41) is 15.0. The van der Waals surface area contributed by atoms with Gasteiger partial charge in [0.2, 0.25) is 0 Å². The quantitative estimate of drug-likeness (QED) is 0.434. The predicted octanol–water partition coefficient (Wildman–Crippen LogP) is 7.62. The molecule has 5 nitrogen and oxygen atoms in total. The number of amides is 1. The molecule has 3 saturated carbocycles. The molecule has 39 heavy (non-hydrogen) atoms. The van der Waals surface area contributed by atoms with E-state index in [2.05, 4.69) is 49.2 Å². The van der Waals surface area contributed by atoms with Gasteiger partial charge in [-0.15, -0.1) is 0 Å². The average Bonchev–Trinajstić information content (AvgIpc) is 3.17. The topological polar surface area (TPSA) is 62.7 Å². The van der Waals surface area contributed by atoms with Gasteiger partial charge in [0.15, 0.2) is 0 Å². The standard InChI is InChI=1S/C34H46N2O3/c1-31(2,3)39-30(37)36(6)26-11-15-32(4)25(20-26)9-10-29-28(32)12-16-33(5)27(13-17-34(29,33)38)23-8-7-22-14-18-35-21-24(22)19-23/h7-8,13-14,18-19,21,25-26,28-29,38H,9-12,15-17,20H2,1-6H3/t25?,26-,28?,29+,32-,33+,34+/m0/s1. The summed E-state index contributed by atoms with van der Waals surface area (Å²) >= 11 is 0. The molecule has 0 bridgehead atoms. The van der Waals surface area contributed by atoms with Crippen LogP contribution in [-0.2, 0) is 4.74 Å². The summed E-state index contributed by atoms with van der Waals surface area (Å²) in [4.78, 5) is 19.0. The predicted molar refractivity (Wildman–Crippen MR) is 156 cm³/mol. The number of carbonyl (C=O) groups is 1. The van der Waals surface area contributed by atoms with E-state index in [4.69, 9.17) is 4.74 Å². The largest absolute Gasteiger partial charge is 0.444 e. The highest BCUT2D eigenvalue weighted by molar-refractivity contribution is 5.87. The van der Waals surface area contributed by atoms with Crippen molar-refractivity contribution in [2.45, 2.75) is 103 Å². The normalized spacial score (nSPS) is 37.9. The molecule has 5 heteroatoms. The fourth-order valence-electron chi connectivity index (χ4n) is 9.30. The van der Waals surface area contributed by atoms with Crippen molar-refractivity contribution in [1.29, 1.82) is 0 Å². The Morgan fingerprint density at radius 2 is 1.85 bits per heavy atom. The maximum atomic E-state index is 12.8. The van der Waals surface area contributed by atoms with Crippen molar-refractivity contribution < 1.29 is 14.6 Å².